The number of piperidine rings is 1. The molecule has 0 radical (unpaired) electrons. The summed E-state index contributed by atoms with van der Waals surface area (Å²) < 4.78 is 5.23. The van der Waals surface area contributed by atoms with Crippen LogP contribution in [0.5, 0.6) is 5.75 Å². The SMILES string of the molecule is OCC(O)COc1cnc(NC2CCNCC2)nc1. The molecule has 106 valence electrons. The molecular weight excluding hydrogens is 248 g/mol. The fourth-order valence-corrected chi connectivity index (χ4v) is 1.86. The van der Waals surface area contributed by atoms with Crippen molar-refractivity contribution in [1.82, 2.24) is 15.3 Å². The van der Waals surface area contributed by atoms with Gasteiger partial charge in [0.1, 0.15) is 12.7 Å². The van der Waals surface area contributed by atoms with Crippen LogP contribution >= 0.6 is 0 Å². The maximum absolute atomic E-state index is 9.16. The van der Waals surface area contributed by atoms with Crippen molar-refractivity contribution in [3.63, 3.8) is 0 Å². The van der Waals surface area contributed by atoms with Gasteiger partial charge < -0.3 is 25.6 Å². The summed E-state index contributed by atoms with van der Waals surface area (Å²) in [5.74, 6) is 1.06. The van der Waals surface area contributed by atoms with Crippen molar-refractivity contribution >= 4 is 5.95 Å². The Morgan fingerprint density at radius 2 is 2.05 bits per heavy atom. The Morgan fingerprint density at radius 3 is 2.68 bits per heavy atom. The van der Waals surface area contributed by atoms with E-state index in [0.717, 1.165) is 25.9 Å². The summed E-state index contributed by atoms with van der Waals surface area (Å²) in [4.78, 5) is 8.33. The molecule has 0 spiro atoms. The Kier molecular flexibility index (Phi) is 5.31. The smallest absolute Gasteiger partial charge is 0.223 e. The maximum atomic E-state index is 9.16. The van der Waals surface area contributed by atoms with E-state index in [2.05, 4.69) is 20.6 Å². The van der Waals surface area contributed by atoms with Crippen LogP contribution < -0.4 is 15.4 Å². The number of aliphatic hydroxyl groups is 2. The molecular formula is C12H20N4O3. The molecule has 0 saturated carbocycles. The van der Waals surface area contributed by atoms with Crippen LogP contribution in [0.4, 0.5) is 5.95 Å². The number of hydrogen-bond acceptors (Lipinski definition) is 7. The third-order valence-electron chi connectivity index (χ3n) is 2.95. The summed E-state index contributed by atoms with van der Waals surface area (Å²) >= 11 is 0. The van der Waals surface area contributed by atoms with E-state index in [0.29, 0.717) is 17.7 Å². The van der Waals surface area contributed by atoms with Gasteiger partial charge in [0.25, 0.3) is 0 Å². The molecule has 2 heterocycles. The van der Waals surface area contributed by atoms with Gasteiger partial charge in [-0.05, 0) is 25.9 Å². The van der Waals surface area contributed by atoms with Gasteiger partial charge in [0.05, 0.1) is 19.0 Å². The van der Waals surface area contributed by atoms with Crippen molar-refractivity contribution in [3.8, 4) is 5.75 Å². The Balaban J connectivity index is 1.80. The molecule has 0 aliphatic carbocycles. The van der Waals surface area contributed by atoms with Crippen LogP contribution in [0.15, 0.2) is 12.4 Å². The van der Waals surface area contributed by atoms with E-state index < -0.39 is 6.10 Å². The zero-order valence-electron chi connectivity index (χ0n) is 10.7. The summed E-state index contributed by atoms with van der Waals surface area (Å²) in [7, 11) is 0. The van der Waals surface area contributed by atoms with Crippen LogP contribution in [0.1, 0.15) is 12.8 Å². The van der Waals surface area contributed by atoms with Gasteiger partial charge in [-0.2, -0.15) is 0 Å². The first-order chi connectivity index (χ1) is 9.28. The van der Waals surface area contributed by atoms with Gasteiger partial charge in [-0.1, -0.05) is 0 Å². The molecule has 0 bridgehead atoms. The highest BCUT2D eigenvalue weighted by atomic mass is 16.5. The highest BCUT2D eigenvalue weighted by molar-refractivity contribution is 5.28. The fourth-order valence-electron chi connectivity index (χ4n) is 1.86. The predicted octanol–water partition coefficient (Wildman–Crippen LogP) is -0.627. The predicted molar refractivity (Wildman–Crippen MR) is 70.1 cm³/mol. The van der Waals surface area contributed by atoms with E-state index in [9.17, 15) is 0 Å². The second kappa shape index (κ2) is 7.22. The lowest BCUT2D eigenvalue weighted by Gasteiger charge is -2.23. The molecule has 1 fully saturated rings. The second-order valence-electron chi connectivity index (χ2n) is 4.56. The maximum Gasteiger partial charge on any atom is 0.223 e. The first-order valence-corrected chi connectivity index (χ1v) is 6.49. The largest absolute Gasteiger partial charge is 0.488 e. The summed E-state index contributed by atoms with van der Waals surface area (Å²) in [6.45, 7) is 1.73. The molecule has 0 aromatic carbocycles. The van der Waals surface area contributed by atoms with E-state index in [1.165, 1.54) is 0 Å². The molecule has 2 rings (SSSR count). The standard InChI is InChI=1S/C12H20N4O3/c17-7-10(18)8-19-11-5-14-12(15-6-11)16-9-1-3-13-4-2-9/h5-6,9-10,13,17-18H,1-4,7-8H2,(H,14,15,16). The normalized spacial score (nSPS) is 18.0. The lowest BCUT2D eigenvalue weighted by Crippen LogP contribution is -2.35. The second-order valence-corrected chi connectivity index (χ2v) is 4.56. The van der Waals surface area contributed by atoms with Crippen LogP contribution in [0.3, 0.4) is 0 Å². The molecule has 1 aromatic rings. The Morgan fingerprint density at radius 1 is 1.37 bits per heavy atom. The first kappa shape index (κ1) is 14.0. The lowest BCUT2D eigenvalue weighted by atomic mass is 10.1. The number of hydrogen-bond donors (Lipinski definition) is 4. The molecule has 0 amide bonds. The number of nitrogens with one attached hydrogen (secondary N) is 2. The molecule has 7 heteroatoms. The third kappa shape index (κ3) is 4.62. The van der Waals surface area contributed by atoms with Crippen molar-refractivity contribution in [2.45, 2.75) is 25.0 Å². The summed E-state index contributed by atoms with van der Waals surface area (Å²) in [6, 6.07) is 0.407. The zero-order chi connectivity index (χ0) is 13.5. The highest BCUT2D eigenvalue weighted by Crippen LogP contribution is 2.12. The van der Waals surface area contributed by atoms with Crippen molar-refractivity contribution in [3.05, 3.63) is 12.4 Å². The number of anilines is 1. The van der Waals surface area contributed by atoms with Crippen LogP contribution in [0.25, 0.3) is 0 Å². The number of rotatable bonds is 6. The number of ether oxygens (including phenoxy) is 1. The van der Waals surface area contributed by atoms with Crippen LogP contribution in [0.2, 0.25) is 0 Å². The number of aromatic nitrogens is 2. The van der Waals surface area contributed by atoms with Crippen molar-refractivity contribution in [2.24, 2.45) is 0 Å². The summed E-state index contributed by atoms with van der Waals surface area (Å²) in [5.41, 5.74) is 0. The Hall–Kier alpha value is -1.44. The van der Waals surface area contributed by atoms with E-state index in [1.54, 1.807) is 12.4 Å². The molecule has 1 aliphatic heterocycles. The van der Waals surface area contributed by atoms with Crippen LogP contribution in [0, 0.1) is 0 Å². The van der Waals surface area contributed by atoms with E-state index in [1.807, 2.05) is 0 Å². The minimum absolute atomic E-state index is 0.0287. The van der Waals surface area contributed by atoms with E-state index in [-0.39, 0.29) is 13.2 Å². The number of aliphatic hydroxyl groups excluding tert-OH is 2. The van der Waals surface area contributed by atoms with Gasteiger partial charge in [-0.15, -0.1) is 0 Å². The topological polar surface area (TPSA) is 99.5 Å². The van der Waals surface area contributed by atoms with Gasteiger partial charge in [-0.25, -0.2) is 9.97 Å². The average molecular weight is 268 g/mol. The summed E-state index contributed by atoms with van der Waals surface area (Å²) in [6.07, 6.45) is 4.35. The molecule has 1 aromatic heterocycles. The lowest BCUT2D eigenvalue weighted by molar-refractivity contribution is 0.0534. The van der Waals surface area contributed by atoms with Crippen LogP contribution in [-0.2, 0) is 0 Å². The van der Waals surface area contributed by atoms with Crippen molar-refractivity contribution in [1.29, 1.82) is 0 Å². The molecule has 1 unspecified atom stereocenters. The van der Waals surface area contributed by atoms with Crippen molar-refractivity contribution in [2.75, 3.05) is 31.6 Å². The van der Waals surface area contributed by atoms with Gasteiger partial charge in [0.2, 0.25) is 5.95 Å². The minimum atomic E-state index is -0.882. The van der Waals surface area contributed by atoms with Gasteiger partial charge in [0, 0.05) is 6.04 Å². The molecule has 1 aliphatic rings. The average Bonchev–Trinajstić information content (AvgIpc) is 2.47. The van der Waals surface area contributed by atoms with E-state index >= 15 is 0 Å². The molecule has 7 nitrogen and oxygen atoms in total. The highest BCUT2D eigenvalue weighted by Gasteiger charge is 2.13. The van der Waals surface area contributed by atoms with Crippen LogP contribution in [-0.4, -0.2) is 58.6 Å². The summed E-state index contributed by atoms with van der Waals surface area (Å²) in [5, 5.41) is 24.4. The monoisotopic (exact) mass is 268 g/mol. The Bertz CT molecular complexity index is 368. The molecule has 1 atom stereocenters. The molecule has 1 saturated heterocycles. The quantitative estimate of drug-likeness (QED) is 0.545. The van der Waals surface area contributed by atoms with Gasteiger partial charge >= 0.3 is 0 Å². The van der Waals surface area contributed by atoms with Gasteiger partial charge in [-0.3, -0.25) is 0 Å². The Labute approximate surface area is 112 Å². The van der Waals surface area contributed by atoms with E-state index in [4.69, 9.17) is 14.9 Å². The molecule has 4 N–H and O–H groups in total. The zero-order valence-corrected chi connectivity index (χ0v) is 10.7. The van der Waals surface area contributed by atoms with Gasteiger partial charge in [0.15, 0.2) is 5.75 Å². The first-order valence-electron chi connectivity index (χ1n) is 6.49. The third-order valence-corrected chi connectivity index (χ3v) is 2.95. The van der Waals surface area contributed by atoms with Crippen molar-refractivity contribution < 1.29 is 14.9 Å². The fraction of sp³-hybridized carbons (Fsp3) is 0.667. The number of nitrogens with zero attached hydrogens (tertiary/aromatic N) is 2. The minimum Gasteiger partial charge on any atom is -0.488 e. The molecule has 19 heavy (non-hydrogen) atoms.